The monoisotopic (exact) mass is 475 g/mol. The van der Waals surface area contributed by atoms with Crippen LogP contribution in [0.2, 0.25) is 5.02 Å². The summed E-state index contributed by atoms with van der Waals surface area (Å²) in [5.74, 6) is 0.584. The van der Waals surface area contributed by atoms with Crippen molar-refractivity contribution in [2.24, 2.45) is 14.1 Å². The number of aromatic nitrogens is 2. The Morgan fingerprint density at radius 3 is 2.42 bits per heavy atom. The number of carbonyl (C=O) groups is 2. The molecule has 10 nitrogen and oxygen atoms in total. The minimum absolute atomic E-state index is 0.115. The molecule has 0 unspecified atom stereocenters. The highest BCUT2D eigenvalue weighted by Crippen LogP contribution is 2.36. The standard InChI is InChI=1S/C22H26ClN5O5/c1-4-16-21(31)28(15-11-14(23)5-6-17(15)33-16)13-20(30)27-9-7-26(8-10-27)18-12-19(29)25(3)22(32)24(18)2/h5-6,11-12,16H,4,7-10,13H2,1-3H3/t16-/m0/s1. The molecule has 0 N–H and O–H groups in total. The number of nitrogens with zero attached hydrogens (tertiary/aromatic N) is 5. The molecule has 0 bridgehead atoms. The summed E-state index contributed by atoms with van der Waals surface area (Å²) >= 11 is 6.12. The minimum atomic E-state index is -0.648. The number of ether oxygens (including phenoxy) is 1. The number of halogens is 1. The molecule has 0 saturated carbocycles. The minimum Gasteiger partial charge on any atom is -0.478 e. The van der Waals surface area contributed by atoms with Crippen molar-refractivity contribution >= 4 is 34.9 Å². The highest BCUT2D eigenvalue weighted by atomic mass is 35.5. The zero-order chi connectivity index (χ0) is 23.9. The fourth-order valence-electron chi connectivity index (χ4n) is 4.16. The van der Waals surface area contributed by atoms with Crippen molar-refractivity contribution in [3.8, 4) is 5.75 Å². The van der Waals surface area contributed by atoms with Crippen molar-refractivity contribution in [2.75, 3.05) is 42.5 Å². The molecule has 1 saturated heterocycles. The van der Waals surface area contributed by atoms with Gasteiger partial charge in [0.05, 0.1) is 5.69 Å². The van der Waals surface area contributed by atoms with E-state index in [1.807, 2.05) is 11.8 Å². The lowest BCUT2D eigenvalue weighted by molar-refractivity contribution is -0.133. The third kappa shape index (κ3) is 4.22. The molecular weight excluding hydrogens is 450 g/mol. The Morgan fingerprint density at radius 2 is 1.76 bits per heavy atom. The van der Waals surface area contributed by atoms with Gasteiger partial charge in [0.15, 0.2) is 6.10 Å². The van der Waals surface area contributed by atoms with Crippen molar-refractivity contribution < 1.29 is 14.3 Å². The van der Waals surface area contributed by atoms with E-state index in [9.17, 15) is 19.2 Å². The SMILES string of the molecule is CC[C@@H]1Oc2ccc(Cl)cc2N(CC(=O)N2CCN(c3cc(=O)n(C)c(=O)n3C)CC2)C1=O. The van der Waals surface area contributed by atoms with Crippen molar-refractivity contribution in [1.82, 2.24) is 14.0 Å². The smallest absolute Gasteiger partial charge is 0.332 e. The molecule has 3 heterocycles. The summed E-state index contributed by atoms with van der Waals surface area (Å²) in [7, 11) is 3.05. The zero-order valence-electron chi connectivity index (χ0n) is 18.8. The topological polar surface area (TPSA) is 97.1 Å². The van der Waals surface area contributed by atoms with Gasteiger partial charge in [0.25, 0.3) is 11.5 Å². The van der Waals surface area contributed by atoms with Crippen LogP contribution in [0, 0.1) is 0 Å². The number of amides is 2. The molecule has 2 aromatic rings. The van der Waals surface area contributed by atoms with Crippen molar-refractivity contribution in [2.45, 2.75) is 19.4 Å². The zero-order valence-corrected chi connectivity index (χ0v) is 19.5. The molecule has 2 aliphatic rings. The second kappa shape index (κ2) is 8.93. The van der Waals surface area contributed by atoms with Crippen LogP contribution in [0.5, 0.6) is 5.75 Å². The maximum Gasteiger partial charge on any atom is 0.332 e. The second-order valence-corrected chi connectivity index (χ2v) is 8.60. The van der Waals surface area contributed by atoms with Gasteiger partial charge in [-0.25, -0.2) is 4.79 Å². The molecule has 33 heavy (non-hydrogen) atoms. The van der Waals surface area contributed by atoms with E-state index in [1.54, 1.807) is 30.1 Å². The second-order valence-electron chi connectivity index (χ2n) is 8.16. The number of carbonyl (C=O) groups excluding carboxylic acids is 2. The molecule has 0 spiro atoms. The van der Waals surface area contributed by atoms with Gasteiger partial charge in [0, 0.05) is 51.4 Å². The molecule has 0 aliphatic carbocycles. The first-order chi connectivity index (χ1) is 15.7. The van der Waals surface area contributed by atoms with Crippen LogP contribution in [0.1, 0.15) is 13.3 Å². The Kier molecular flexibility index (Phi) is 6.20. The van der Waals surface area contributed by atoms with Crippen LogP contribution in [-0.4, -0.2) is 64.7 Å². The van der Waals surface area contributed by atoms with E-state index in [4.69, 9.17) is 16.3 Å². The maximum atomic E-state index is 13.1. The van der Waals surface area contributed by atoms with Crippen LogP contribution >= 0.6 is 11.6 Å². The summed E-state index contributed by atoms with van der Waals surface area (Å²) in [5.41, 5.74) is -0.288. The van der Waals surface area contributed by atoms with Gasteiger partial charge in [0.2, 0.25) is 5.91 Å². The summed E-state index contributed by atoms with van der Waals surface area (Å²) in [6.07, 6.45) is -0.162. The molecular formula is C22H26ClN5O5. The number of anilines is 2. The number of hydrogen-bond donors (Lipinski definition) is 0. The molecule has 2 amide bonds. The summed E-state index contributed by atoms with van der Waals surface area (Å²) in [5, 5.41) is 0.450. The van der Waals surface area contributed by atoms with E-state index in [0.717, 1.165) is 4.57 Å². The van der Waals surface area contributed by atoms with Crippen LogP contribution in [0.3, 0.4) is 0 Å². The van der Waals surface area contributed by atoms with Crippen molar-refractivity contribution in [3.05, 3.63) is 50.1 Å². The molecule has 1 atom stereocenters. The predicted octanol–water partition coefficient (Wildman–Crippen LogP) is 0.590. The summed E-state index contributed by atoms with van der Waals surface area (Å²) < 4.78 is 8.25. The molecule has 1 aromatic heterocycles. The quantitative estimate of drug-likeness (QED) is 0.642. The maximum absolute atomic E-state index is 13.1. The normalized spacial score (nSPS) is 18.2. The first-order valence-corrected chi connectivity index (χ1v) is 11.2. The van der Waals surface area contributed by atoms with Crippen LogP contribution in [0.25, 0.3) is 0 Å². The van der Waals surface area contributed by atoms with Crippen LogP contribution < -0.4 is 25.8 Å². The molecule has 4 rings (SSSR count). The average molecular weight is 476 g/mol. The van der Waals surface area contributed by atoms with Gasteiger partial charge in [-0.3, -0.25) is 28.4 Å². The van der Waals surface area contributed by atoms with Gasteiger partial charge in [0.1, 0.15) is 18.1 Å². The number of rotatable bonds is 4. The third-order valence-electron chi connectivity index (χ3n) is 6.14. The lowest BCUT2D eigenvalue weighted by Crippen LogP contribution is -2.55. The molecule has 11 heteroatoms. The number of fused-ring (bicyclic) bond motifs is 1. The van der Waals surface area contributed by atoms with E-state index < -0.39 is 11.8 Å². The first kappa shape index (κ1) is 22.9. The number of hydrogen-bond acceptors (Lipinski definition) is 6. The molecule has 176 valence electrons. The van der Waals surface area contributed by atoms with Crippen molar-refractivity contribution in [1.29, 1.82) is 0 Å². The number of benzene rings is 1. The fourth-order valence-corrected chi connectivity index (χ4v) is 4.33. The van der Waals surface area contributed by atoms with Crippen LogP contribution in [-0.2, 0) is 23.7 Å². The molecule has 1 aromatic carbocycles. The van der Waals surface area contributed by atoms with E-state index in [0.29, 0.717) is 54.9 Å². The van der Waals surface area contributed by atoms with Crippen LogP contribution in [0.4, 0.5) is 11.5 Å². The Hall–Kier alpha value is -3.27. The molecule has 1 fully saturated rings. The molecule has 2 aliphatic heterocycles. The van der Waals surface area contributed by atoms with Gasteiger partial charge in [-0.15, -0.1) is 0 Å². The molecule has 0 radical (unpaired) electrons. The van der Waals surface area contributed by atoms with Crippen molar-refractivity contribution in [3.63, 3.8) is 0 Å². The highest BCUT2D eigenvalue weighted by molar-refractivity contribution is 6.31. The average Bonchev–Trinajstić information content (AvgIpc) is 2.82. The Morgan fingerprint density at radius 1 is 1.06 bits per heavy atom. The van der Waals surface area contributed by atoms with Gasteiger partial charge >= 0.3 is 5.69 Å². The van der Waals surface area contributed by atoms with E-state index in [-0.39, 0.29) is 23.9 Å². The van der Waals surface area contributed by atoms with E-state index >= 15 is 0 Å². The lowest BCUT2D eigenvalue weighted by atomic mass is 10.1. The summed E-state index contributed by atoms with van der Waals surface area (Å²) in [6, 6.07) is 6.45. The van der Waals surface area contributed by atoms with Crippen LogP contribution in [0.15, 0.2) is 33.9 Å². The van der Waals surface area contributed by atoms with E-state index in [1.165, 1.54) is 22.6 Å². The first-order valence-electron chi connectivity index (χ1n) is 10.8. The van der Waals surface area contributed by atoms with Gasteiger partial charge in [-0.2, -0.15) is 0 Å². The number of piperazine rings is 1. The largest absolute Gasteiger partial charge is 0.478 e. The Bertz CT molecular complexity index is 1210. The predicted molar refractivity (Wildman–Crippen MR) is 124 cm³/mol. The Balaban J connectivity index is 1.48. The highest BCUT2D eigenvalue weighted by Gasteiger charge is 2.36. The summed E-state index contributed by atoms with van der Waals surface area (Å²) in [4.78, 5) is 55.4. The third-order valence-corrected chi connectivity index (χ3v) is 6.38. The van der Waals surface area contributed by atoms with E-state index in [2.05, 4.69) is 0 Å². The van der Waals surface area contributed by atoms with Gasteiger partial charge in [-0.1, -0.05) is 18.5 Å². The lowest BCUT2D eigenvalue weighted by Gasteiger charge is -2.38. The van der Waals surface area contributed by atoms with Gasteiger partial charge < -0.3 is 14.5 Å². The van der Waals surface area contributed by atoms with Gasteiger partial charge in [-0.05, 0) is 24.6 Å². The summed E-state index contributed by atoms with van der Waals surface area (Å²) in [6.45, 7) is 3.47. The fraction of sp³-hybridized carbons (Fsp3) is 0.455. The Labute approximate surface area is 195 Å².